The van der Waals surface area contributed by atoms with E-state index in [1.165, 1.54) is 25.9 Å². The van der Waals surface area contributed by atoms with Crippen LogP contribution in [0.25, 0.3) is 0 Å². The van der Waals surface area contributed by atoms with Crippen molar-refractivity contribution in [3.63, 3.8) is 0 Å². The van der Waals surface area contributed by atoms with Crippen LogP contribution in [0, 0.1) is 11.8 Å². The molecule has 2 nitrogen and oxygen atoms in total. The monoisotopic (exact) mass is 203 g/mol. The van der Waals surface area contributed by atoms with Crippen molar-refractivity contribution in [3.8, 4) is 5.75 Å². The van der Waals surface area contributed by atoms with E-state index in [9.17, 15) is 0 Å². The Labute approximate surface area is 90.6 Å². The third-order valence-electron chi connectivity index (χ3n) is 3.66. The summed E-state index contributed by atoms with van der Waals surface area (Å²) in [6, 6.07) is 10.2. The van der Waals surface area contributed by atoms with E-state index in [4.69, 9.17) is 4.74 Å². The number of hydrogen-bond acceptors (Lipinski definition) is 2. The number of ether oxygens (including phenoxy) is 1. The van der Waals surface area contributed by atoms with Crippen LogP contribution in [0.2, 0.25) is 0 Å². The van der Waals surface area contributed by atoms with E-state index in [2.05, 4.69) is 5.32 Å². The van der Waals surface area contributed by atoms with Crippen LogP contribution in [0.1, 0.15) is 12.8 Å². The SMILES string of the molecule is c1ccc(O[C@H]2C[C@H]3CNC[C@H]3C2)cc1. The zero-order valence-electron chi connectivity index (χ0n) is 8.86. The highest BCUT2D eigenvalue weighted by atomic mass is 16.5. The van der Waals surface area contributed by atoms with Gasteiger partial charge in [0, 0.05) is 0 Å². The van der Waals surface area contributed by atoms with Crippen LogP contribution in [0.3, 0.4) is 0 Å². The van der Waals surface area contributed by atoms with Crippen LogP contribution in [-0.4, -0.2) is 19.2 Å². The Balaban J connectivity index is 1.62. The molecule has 3 atom stereocenters. The number of benzene rings is 1. The van der Waals surface area contributed by atoms with Gasteiger partial charge in [-0.15, -0.1) is 0 Å². The molecule has 1 N–H and O–H groups in total. The summed E-state index contributed by atoms with van der Waals surface area (Å²) in [7, 11) is 0. The predicted molar refractivity (Wildman–Crippen MR) is 59.9 cm³/mol. The first-order valence-electron chi connectivity index (χ1n) is 5.84. The van der Waals surface area contributed by atoms with Crippen molar-refractivity contribution in [3.05, 3.63) is 30.3 Å². The smallest absolute Gasteiger partial charge is 0.119 e. The summed E-state index contributed by atoms with van der Waals surface area (Å²) >= 11 is 0. The zero-order valence-corrected chi connectivity index (χ0v) is 8.86. The Morgan fingerprint density at radius 3 is 2.33 bits per heavy atom. The molecular weight excluding hydrogens is 186 g/mol. The van der Waals surface area contributed by atoms with Gasteiger partial charge in [0.1, 0.15) is 5.75 Å². The molecule has 1 aliphatic carbocycles. The lowest BCUT2D eigenvalue weighted by molar-refractivity contribution is 0.199. The first-order valence-corrected chi connectivity index (χ1v) is 5.84. The fraction of sp³-hybridized carbons (Fsp3) is 0.538. The molecule has 2 heteroatoms. The molecule has 0 amide bonds. The van der Waals surface area contributed by atoms with E-state index in [-0.39, 0.29) is 0 Å². The maximum absolute atomic E-state index is 5.98. The largest absolute Gasteiger partial charge is 0.490 e. The normalized spacial score (nSPS) is 34.0. The van der Waals surface area contributed by atoms with Gasteiger partial charge >= 0.3 is 0 Å². The second-order valence-electron chi connectivity index (χ2n) is 4.70. The first-order chi connectivity index (χ1) is 7.42. The first kappa shape index (κ1) is 9.22. The van der Waals surface area contributed by atoms with Crippen LogP contribution in [0.4, 0.5) is 0 Å². The molecule has 2 aliphatic rings. The lowest BCUT2D eigenvalue weighted by Crippen LogP contribution is -2.18. The minimum absolute atomic E-state index is 0.449. The van der Waals surface area contributed by atoms with Crippen molar-refractivity contribution in [1.82, 2.24) is 5.32 Å². The summed E-state index contributed by atoms with van der Waals surface area (Å²) in [4.78, 5) is 0. The van der Waals surface area contributed by atoms with Gasteiger partial charge in [0.15, 0.2) is 0 Å². The van der Waals surface area contributed by atoms with E-state index >= 15 is 0 Å². The molecule has 80 valence electrons. The molecule has 1 saturated carbocycles. The van der Waals surface area contributed by atoms with Gasteiger partial charge in [-0.25, -0.2) is 0 Å². The van der Waals surface area contributed by atoms with E-state index in [0.717, 1.165) is 17.6 Å². The number of fused-ring (bicyclic) bond motifs is 1. The van der Waals surface area contributed by atoms with E-state index in [0.29, 0.717) is 6.10 Å². The van der Waals surface area contributed by atoms with Gasteiger partial charge in [0.2, 0.25) is 0 Å². The molecule has 0 spiro atoms. The minimum Gasteiger partial charge on any atom is -0.490 e. The van der Waals surface area contributed by atoms with Gasteiger partial charge in [-0.05, 0) is 49.9 Å². The summed E-state index contributed by atoms with van der Waals surface area (Å²) in [5, 5.41) is 3.45. The predicted octanol–water partition coefficient (Wildman–Crippen LogP) is 2.06. The fourth-order valence-corrected chi connectivity index (χ4v) is 2.90. The Morgan fingerprint density at radius 1 is 1.00 bits per heavy atom. The van der Waals surface area contributed by atoms with Crippen molar-refractivity contribution in [1.29, 1.82) is 0 Å². The average Bonchev–Trinajstić information content (AvgIpc) is 2.79. The highest BCUT2D eigenvalue weighted by Gasteiger charge is 2.38. The van der Waals surface area contributed by atoms with Crippen molar-refractivity contribution < 1.29 is 4.74 Å². The topological polar surface area (TPSA) is 21.3 Å². The average molecular weight is 203 g/mol. The fourth-order valence-electron chi connectivity index (χ4n) is 2.90. The minimum atomic E-state index is 0.449. The number of hydrogen-bond donors (Lipinski definition) is 1. The van der Waals surface area contributed by atoms with Gasteiger partial charge in [0.05, 0.1) is 6.10 Å². The Hall–Kier alpha value is -1.02. The molecule has 1 aliphatic heterocycles. The standard InChI is InChI=1S/C13H17NO/c1-2-4-12(5-3-1)15-13-6-10-8-14-9-11(10)7-13/h1-5,10-11,13-14H,6-9H2/t10-,11+,13-. The van der Waals surface area contributed by atoms with E-state index in [1.807, 2.05) is 30.3 Å². The summed E-state index contributed by atoms with van der Waals surface area (Å²) in [5.41, 5.74) is 0. The van der Waals surface area contributed by atoms with Gasteiger partial charge in [-0.2, -0.15) is 0 Å². The third-order valence-corrected chi connectivity index (χ3v) is 3.66. The molecule has 15 heavy (non-hydrogen) atoms. The highest BCUT2D eigenvalue weighted by molar-refractivity contribution is 5.21. The molecule has 3 rings (SSSR count). The summed E-state index contributed by atoms with van der Waals surface area (Å²) < 4.78 is 5.98. The van der Waals surface area contributed by atoms with Crippen LogP contribution in [0.15, 0.2) is 30.3 Å². The molecular formula is C13H17NO. The Morgan fingerprint density at radius 2 is 1.67 bits per heavy atom. The van der Waals surface area contributed by atoms with Gasteiger partial charge in [0.25, 0.3) is 0 Å². The van der Waals surface area contributed by atoms with Crippen molar-refractivity contribution >= 4 is 0 Å². The quantitative estimate of drug-likeness (QED) is 0.794. The number of para-hydroxylation sites is 1. The van der Waals surface area contributed by atoms with Gasteiger partial charge < -0.3 is 10.1 Å². The molecule has 1 saturated heterocycles. The second kappa shape index (κ2) is 3.86. The van der Waals surface area contributed by atoms with Crippen molar-refractivity contribution in [2.75, 3.05) is 13.1 Å². The molecule has 0 bridgehead atoms. The molecule has 1 aromatic carbocycles. The van der Waals surface area contributed by atoms with Gasteiger partial charge in [-0.3, -0.25) is 0 Å². The van der Waals surface area contributed by atoms with E-state index < -0.39 is 0 Å². The summed E-state index contributed by atoms with van der Waals surface area (Å²) in [6.45, 7) is 2.39. The zero-order chi connectivity index (χ0) is 10.1. The second-order valence-corrected chi connectivity index (χ2v) is 4.70. The Kier molecular flexibility index (Phi) is 2.37. The third kappa shape index (κ3) is 1.86. The number of rotatable bonds is 2. The van der Waals surface area contributed by atoms with Gasteiger partial charge in [-0.1, -0.05) is 18.2 Å². The van der Waals surface area contributed by atoms with E-state index in [1.54, 1.807) is 0 Å². The van der Waals surface area contributed by atoms with Crippen LogP contribution < -0.4 is 10.1 Å². The van der Waals surface area contributed by atoms with Crippen LogP contribution in [0.5, 0.6) is 5.75 Å². The summed E-state index contributed by atoms with van der Waals surface area (Å²) in [5.74, 6) is 2.74. The highest BCUT2D eigenvalue weighted by Crippen LogP contribution is 2.36. The van der Waals surface area contributed by atoms with Crippen molar-refractivity contribution in [2.45, 2.75) is 18.9 Å². The Bertz CT molecular complexity index is 313. The maximum atomic E-state index is 5.98. The molecule has 0 aromatic heterocycles. The lowest BCUT2D eigenvalue weighted by atomic mass is 10.0. The summed E-state index contributed by atoms with van der Waals surface area (Å²) in [6.07, 6.45) is 2.91. The van der Waals surface area contributed by atoms with Crippen molar-refractivity contribution in [2.24, 2.45) is 11.8 Å². The van der Waals surface area contributed by atoms with Crippen LogP contribution >= 0.6 is 0 Å². The molecule has 0 unspecified atom stereocenters. The maximum Gasteiger partial charge on any atom is 0.119 e. The lowest BCUT2D eigenvalue weighted by Gasteiger charge is -2.14. The van der Waals surface area contributed by atoms with Crippen LogP contribution in [-0.2, 0) is 0 Å². The molecule has 0 radical (unpaired) electrons. The number of nitrogens with one attached hydrogen (secondary N) is 1. The molecule has 1 heterocycles. The molecule has 1 aromatic rings. The molecule has 2 fully saturated rings.